The van der Waals surface area contributed by atoms with E-state index in [-0.39, 0.29) is 5.38 Å². The van der Waals surface area contributed by atoms with Crippen molar-refractivity contribution in [2.24, 2.45) is 0 Å². The van der Waals surface area contributed by atoms with Gasteiger partial charge in [-0.15, -0.1) is 11.6 Å². The van der Waals surface area contributed by atoms with Gasteiger partial charge in [-0.25, -0.2) is 0 Å². The van der Waals surface area contributed by atoms with Crippen molar-refractivity contribution in [3.63, 3.8) is 0 Å². The van der Waals surface area contributed by atoms with Crippen molar-refractivity contribution >= 4 is 34.8 Å². The van der Waals surface area contributed by atoms with Crippen LogP contribution in [-0.2, 0) is 0 Å². The lowest BCUT2D eigenvalue weighted by Gasteiger charge is -2.15. The molecule has 0 spiro atoms. The van der Waals surface area contributed by atoms with Crippen molar-refractivity contribution in [3.8, 4) is 0 Å². The molecule has 0 amide bonds. The molecule has 1 fully saturated rings. The van der Waals surface area contributed by atoms with Crippen molar-refractivity contribution in [2.75, 3.05) is 0 Å². The zero-order chi connectivity index (χ0) is 10.1. The van der Waals surface area contributed by atoms with Gasteiger partial charge in [-0.2, -0.15) is 0 Å². The Morgan fingerprint density at radius 3 is 2.50 bits per heavy atom. The van der Waals surface area contributed by atoms with E-state index in [4.69, 9.17) is 34.8 Å². The molecule has 0 nitrogen and oxygen atoms in total. The number of hydrogen-bond acceptors (Lipinski definition) is 0. The molecular weight excluding hydrogens is 238 g/mol. The first-order valence-corrected chi connectivity index (χ1v) is 5.97. The van der Waals surface area contributed by atoms with Crippen molar-refractivity contribution in [3.05, 3.63) is 33.8 Å². The topological polar surface area (TPSA) is 0 Å². The second-order valence-corrected chi connectivity index (χ2v) is 5.12. The molecular formula is C11H11Cl3. The molecule has 0 heterocycles. The summed E-state index contributed by atoms with van der Waals surface area (Å²) in [6.07, 6.45) is 3.42. The molecule has 0 saturated heterocycles. The third-order valence-corrected chi connectivity index (χ3v) is 3.88. The Morgan fingerprint density at radius 1 is 1.14 bits per heavy atom. The van der Waals surface area contributed by atoms with E-state index in [2.05, 4.69) is 0 Å². The van der Waals surface area contributed by atoms with Crippen LogP contribution in [0.4, 0.5) is 0 Å². The van der Waals surface area contributed by atoms with E-state index in [1.165, 1.54) is 6.42 Å². The Kier molecular flexibility index (Phi) is 3.26. The molecule has 0 bridgehead atoms. The van der Waals surface area contributed by atoms with Gasteiger partial charge in [-0.3, -0.25) is 0 Å². The maximum atomic E-state index is 6.23. The molecule has 14 heavy (non-hydrogen) atoms. The summed E-state index contributed by atoms with van der Waals surface area (Å²) < 4.78 is 0. The first-order valence-electron chi connectivity index (χ1n) is 4.77. The normalized spacial score (nSPS) is 26.8. The largest absolute Gasteiger partial charge is 0.122 e. The maximum Gasteiger partial charge on any atom is 0.0456 e. The number of rotatable bonds is 1. The molecule has 1 aliphatic carbocycles. The van der Waals surface area contributed by atoms with Crippen LogP contribution in [0.5, 0.6) is 0 Å². The maximum absolute atomic E-state index is 6.23. The summed E-state index contributed by atoms with van der Waals surface area (Å²) in [5.41, 5.74) is 1.15. The van der Waals surface area contributed by atoms with Crippen LogP contribution in [0.2, 0.25) is 10.0 Å². The van der Waals surface area contributed by atoms with E-state index < -0.39 is 0 Å². The molecule has 76 valence electrons. The Balaban J connectivity index is 2.31. The van der Waals surface area contributed by atoms with E-state index in [0.29, 0.717) is 10.9 Å². The van der Waals surface area contributed by atoms with E-state index in [1.807, 2.05) is 12.1 Å². The highest BCUT2D eigenvalue weighted by atomic mass is 35.5. The van der Waals surface area contributed by atoms with Crippen LogP contribution in [0.1, 0.15) is 30.7 Å². The van der Waals surface area contributed by atoms with Gasteiger partial charge in [0.2, 0.25) is 0 Å². The monoisotopic (exact) mass is 248 g/mol. The molecule has 3 heteroatoms. The van der Waals surface area contributed by atoms with Crippen LogP contribution in [-0.4, -0.2) is 5.38 Å². The van der Waals surface area contributed by atoms with Gasteiger partial charge < -0.3 is 0 Å². The lowest BCUT2D eigenvalue weighted by atomic mass is 9.97. The fourth-order valence-corrected chi connectivity index (χ4v) is 3.03. The number of hydrogen-bond donors (Lipinski definition) is 0. The van der Waals surface area contributed by atoms with Gasteiger partial charge in [0.05, 0.1) is 0 Å². The fourth-order valence-electron chi connectivity index (χ4n) is 2.07. The van der Waals surface area contributed by atoms with Gasteiger partial charge in [0.1, 0.15) is 0 Å². The Morgan fingerprint density at radius 2 is 1.93 bits per heavy atom. The molecule has 2 atom stereocenters. The molecule has 1 aliphatic rings. The van der Waals surface area contributed by atoms with Gasteiger partial charge in [0, 0.05) is 21.3 Å². The third-order valence-electron chi connectivity index (χ3n) is 2.79. The molecule has 0 aromatic heterocycles. The zero-order valence-corrected chi connectivity index (χ0v) is 9.91. The summed E-state index contributed by atoms with van der Waals surface area (Å²) in [6.45, 7) is 0. The molecule has 0 N–H and O–H groups in total. The minimum atomic E-state index is 0.230. The van der Waals surface area contributed by atoms with Crippen LogP contribution in [0, 0.1) is 0 Å². The average Bonchev–Trinajstić information content (AvgIpc) is 2.52. The highest BCUT2D eigenvalue weighted by Crippen LogP contribution is 2.41. The van der Waals surface area contributed by atoms with Gasteiger partial charge >= 0.3 is 0 Å². The van der Waals surface area contributed by atoms with E-state index in [9.17, 15) is 0 Å². The lowest BCUT2D eigenvalue weighted by molar-refractivity contribution is 0.730. The number of benzene rings is 1. The Hall–Kier alpha value is 0.0900. The van der Waals surface area contributed by atoms with Crippen molar-refractivity contribution < 1.29 is 0 Å². The van der Waals surface area contributed by atoms with Gasteiger partial charge in [-0.1, -0.05) is 35.7 Å². The smallest absolute Gasteiger partial charge is 0.0456 e. The zero-order valence-electron chi connectivity index (χ0n) is 7.64. The highest BCUT2D eigenvalue weighted by molar-refractivity contribution is 6.35. The van der Waals surface area contributed by atoms with Crippen molar-refractivity contribution in [2.45, 2.75) is 30.6 Å². The fraction of sp³-hybridized carbons (Fsp3) is 0.455. The van der Waals surface area contributed by atoms with E-state index in [1.54, 1.807) is 6.07 Å². The summed E-state index contributed by atoms with van der Waals surface area (Å²) in [5.74, 6) is 0.404. The predicted octanol–water partition coefficient (Wildman–Crippen LogP) is 4.87. The molecule has 0 radical (unpaired) electrons. The number of alkyl halides is 1. The lowest BCUT2D eigenvalue weighted by Crippen LogP contribution is -2.05. The standard InChI is InChI=1S/C11H11Cl3/c12-7-4-5-9(11(14)6-7)8-2-1-3-10(8)13/h4-6,8,10H,1-3H2. The van der Waals surface area contributed by atoms with Crippen molar-refractivity contribution in [1.29, 1.82) is 0 Å². The van der Waals surface area contributed by atoms with Gasteiger partial charge in [0.25, 0.3) is 0 Å². The summed E-state index contributed by atoms with van der Waals surface area (Å²) >= 11 is 18.2. The van der Waals surface area contributed by atoms with Gasteiger partial charge in [-0.05, 0) is 30.5 Å². The van der Waals surface area contributed by atoms with E-state index in [0.717, 1.165) is 23.4 Å². The Bertz CT molecular complexity index is 335. The number of halogens is 3. The summed E-state index contributed by atoms with van der Waals surface area (Å²) in [7, 11) is 0. The van der Waals surface area contributed by atoms with Crippen LogP contribution in [0.15, 0.2) is 18.2 Å². The molecule has 0 aliphatic heterocycles. The quantitative estimate of drug-likeness (QED) is 0.623. The first kappa shape index (κ1) is 10.6. The highest BCUT2D eigenvalue weighted by Gasteiger charge is 2.28. The van der Waals surface area contributed by atoms with Crippen LogP contribution in [0.25, 0.3) is 0 Å². The van der Waals surface area contributed by atoms with Gasteiger partial charge in [0.15, 0.2) is 0 Å². The van der Waals surface area contributed by atoms with Crippen LogP contribution < -0.4 is 0 Å². The van der Waals surface area contributed by atoms with Crippen molar-refractivity contribution in [1.82, 2.24) is 0 Å². The average molecular weight is 250 g/mol. The first-order chi connectivity index (χ1) is 6.68. The molecule has 2 rings (SSSR count). The van der Waals surface area contributed by atoms with Crippen LogP contribution in [0.3, 0.4) is 0 Å². The predicted molar refractivity (Wildman–Crippen MR) is 62.7 cm³/mol. The Labute approximate surface area is 99.2 Å². The molecule has 1 aromatic carbocycles. The minimum Gasteiger partial charge on any atom is -0.122 e. The summed E-state index contributed by atoms with van der Waals surface area (Å²) in [4.78, 5) is 0. The minimum absolute atomic E-state index is 0.230. The van der Waals surface area contributed by atoms with E-state index >= 15 is 0 Å². The SMILES string of the molecule is Clc1ccc(C2CCCC2Cl)c(Cl)c1. The second kappa shape index (κ2) is 4.30. The summed E-state index contributed by atoms with van der Waals surface area (Å²) in [5, 5.41) is 1.66. The summed E-state index contributed by atoms with van der Waals surface area (Å²) in [6, 6.07) is 5.67. The van der Waals surface area contributed by atoms with Crippen LogP contribution >= 0.6 is 34.8 Å². The third kappa shape index (κ3) is 2.03. The second-order valence-electron chi connectivity index (χ2n) is 3.72. The molecule has 1 aromatic rings. The molecule has 2 unspecified atom stereocenters. The molecule has 1 saturated carbocycles.